The molecule has 0 radical (unpaired) electrons. The summed E-state index contributed by atoms with van der Waals surface area (Å²) in [4.78, 5) is -0.762. The Bertz CT molecular complexity index is 1210. The first kappa shape index (κ1) is 19.6. The molecule has 0 saturated carbocycles. The fraction of sp³-hybridized carbons (Fsp3) is 0.111. The van der Waals surface area contributed by atoms with Gasteiger partial charge < -0.3 is 4.52 Å². The maximum atomic E-state index is 14.2. The average molecular weight is 407 g/mol. The molecule has 0 aliphatic carbocycles. The first-order valence-corrected chi connectivity index (χ1v) is 9.29. The van der Waals surface area contributed by atoms with Crippen molar-refractivity contribution in [3.8, 4) is 28.5 Å². The number of sulfonamides is 1. The Morgan fingerprint density at radius 1 is 1.18 bits per heavy atom. The van der Waals surface area contributed by atoms with Gasteiger partial charge in [-0.3, -0.25) is 0 Å². The van der Waals surface area contributed by atoms with Crippen molar-refractivity contribution in [1.82, 2.24) is 5.16 Å². The van der Waals surface area contributed by atoms with Crippen molar-refractivity contribution in [3.05, 3.63) is 59.1 Å². The van der Waals surface area contributed by atoms with Gasteiger partial charge in [-0.2, -0.15) is 5.26 Å². The molecule has 3 aromatic rings. The number of hydrogen-bond acceptors (Lipinski definition) is 5. The van der Waals surface area contributed by atoms with Gasteiger partial charge in [0.15, 0.2) is 0 Å². The number of alkyl halides is 2. The van der Waals surface area contributed by atoms with E-state index in [4.69, 9.17) is 14.9 Å². The highest BCUT2D eigenvalue weighted by molar-refractivity contribution is 7.89. The molecule has 0 aliphatic rings. The van der Waals surface area contributed by atoms with Crippen molar-refractivity contribution in [1.29, 1.82) is 5.26 Å². The summed E-state index contributed by atoms with van der Waals surface area (Å²) in [6.45, 7) is 1.66. The van der Waals surface area contributed by atoms with E-state index in [-0.39, 0.29) is 16.8 Å². The van der Waals surface area contributed by atoms with Gasteiger partial charge >= 0.3 is 0 Å². The van der Waals surface area contributed by atoms with Gasteiger partial charge in [-0.15, -0.1) is 0 Å². The van der Waals surface area contributed by atoms with E-state index < -0.39 is 32.9 Å². The van der Waals surface area contributed by atoms with Gasteiger partial charge in [0, 0.05) is 5.56 Å². The SMILES string of the molecule is Cc1cc(-c2noc(C(F)F)c2-c2ccc(S(N)(=O)=O)c(F)c2)ccc1C#N. The maximum Gasteiger partial charge on any atom is 0.298 e. The maximum absolute atomic E-state index is 14.2. The van der Waals surface area contributed by atoms with Gasteiger partial charge in [0.05, 0.1) is 17.2 Å². The highest BCUT2D eigenvalue weighted by atomic mass is 32.2. The lowest BCUT2D eigenvalue weighted by atomic mass is 9.97. The zero-order valence-corrected chi connectivity index (χ0v) is 15.1. The molecule has 1 aromatic heterocycles. The predicted octanol–water partition coefficient (Wildman–Crippen LogP) is 3.91. The fourth-order valence-electron chi connectivity index (χ4n) is 2.75. The Morgan fingerprint density at radius 3 is 2.39 bits per heavy atom. The second-order valence-electron chi connectivity index (χ2n) is 5.90. The molecular weight excluding hydrogens is 395 g/mol. The molecule has 0 bridgehead atoms. The van der Waals surface area contributed by atoms with Crippen LogP contribution in [0.15, 0.2) is 45.8 Å². The Labute approximate surface area is 158 Å². The molecule has 0 unspecified atom stereocenters. The van der Waals surface area contributed by atoms with Crippen LogP contribution >= 0.6 is 0 Å². The Kier molecular flexibility index (Phi) is 4.97. The summed E-state index contributed by atoms with van der Waals surface area (Å²) in [6.07, 6.45) is -3.04. The molecule has 0 saturated heterocycles. The standard InChI is InChI=1S/C18H12F3N3O3S/c1-9-6-11(2-3-12(9)8-22)16-15(17(18(20)21)27-24-16)10-4-5-14(13(19)7-10)28(23,25)26/h2-7,18H,1H3,(H2,23,25,26). The highest BCUT2D eigenvalue weighted by Crippen LogP contribution is 2.40. The van der Waals surface area contributed by atoms with Gasteiger partial charge in [-0.05, 0) is 42.3 Å². The molecule has 0 amide bonds. The summed E-state index contributed by atoms with van der Waals surface area (Å²) < 4.78 is 68.6. The fourth-order valence-corrected chi connectivity index (χ4v) is 3.34. The van der Waals surface area contributed by atoms with Crippen molar-refractivity contribution < 1.29 is 26.1 Å². The third-order valence-electron chi connectivity index (χ3n) is 4.06. The smallest absolute Gasteiger partial charge is 0.298 e. The first-order chi connectivity index (χ1) is 13.1. The topological polar surface area (TPSA) is 110 Å². The quantitative estimate of drug-likeness (QED) is 0.705. The Morgan fingerprint density at radius 2 is 1.86 bits per heavy atom. The number of nitrogens with zero attached hydrogens (tertiary/aromatic N) is 2. The van der Waals surface area contributed by atoms with Crippen LogP contribution in [0.2, 0.25) is 0 Å². The molecule has 0 atom stereocenters. The van der Waals surface area contributed by atoms with E-state index in [0.29, 0.717) is 16.7 Å². The number of nitrogens with two attached hydrogens (primary N) is 1. The van der Waals surface area contributed by atoms with E-state index in [1.807, 2.05) is 6.07 Å². The molecule has 0 fully saturated rings. The lowest BCUT2D eigenvalue weighted by Crippen LogP contribution is -2.14. The number of nitriles is 1. The van der Waals surface area contributed by atoms with Gasteiger partial charge in [0.1, 0.15) is 16.4 Å². The molecule has 3 rings (SSSR count). The van der Waals surface area contributed by atoms with Crippen molar-refractivity contribution in [2.75, 3.05) is 0 Å². The van der Waals surface area contributed by atoms with Crippen LogP contribution in [0.3, 0.4) is 0 Å². The second kappa shape index (κ2) is 7.10. The number of primary sulfonamides is 1. The summed E-state index contributed by atoms with van der Waals surface area (Å²) in [5.41, 5.74) is 1.12. The van der Waals surface area contributed by atoms with E-state index in [0.717, 1.165) is 18.2 Å². The van der Waals surface area contributed by atoms with Gasteiger partial charge in [0.2, 0.25) is 15.8 Å². The molecule has 2 aromatic carbocycles. The first-order valence-electron chi connectivity index (χ1n) is 7.75. The minimum atomic E-state index is -4.31. The number of halogens is 3. The predicted molar refractivity (Wildman–Crippen MR) is 93.1 cm³/mol. The molecule has 2 N–H and O–H groups in total. The minimum Gasteiger partial charge on any atom is -0.354 e. The van der Waals surface area contributed by atoms with Crippen LogP contribution in [0.4, 0.5) is 13.2 Å². The van der Waals surface area contributed by atoms with Crippen molar-refractivity contribution in [2.24, 2.45) is 5.14 Å². The Balaban J connectivity index is 2.24. The lowest BCUT2D eigenvalue weighted by molar-refractivity contribution is 0.113. The Hall–Kier alpha value is -3.16. The third-order valence-corrected chi connectivity index (χ3v) is 5.01. The molecule has 0 aliphatic heterocycles. The molecule has 1 heterocycles. The zero-order chi connectivity index (χ0) is 20.6. The highest BCUT2D eigenvalue weighted by Gasteiger charge is 2.27. The van der Waals surface area contributed by atoms with Gasteiger partial charge in [-0.1, -0.05) is 17.3 Å². The van der Waals surface area contributed by atoms with Crippen molar-refractivity contribution in [3.63, 3.8) is 0 Å². The van der Waals surface area contributed by atoms with E-state index >= 15 is 0 Å². The third kappa shape index (κ3) is 3.49. The molecule has 10 heteroatoms. The van der Waals surface area contributed by atoms with E-state index in [9.17, 15) is 21.6 Å². The summed E-state index contributed by atoms with van der Waals surface area (Å²) >= 11 is 0. The second-order valence-corrected chi connectivity index (χ2v) is 7.43. The van der Waals surface area contributed by atoms with Crippen molar-refractivity contribution >= 4 is 10.0 Å². The normalized spacial score (nSPS) is 11.6. The molecule has 6 nitrogen and oxygen atoms in total. The molecule has 144 valence electrons. The summed E-state index contributed by atoms with van der Waals surface area (Å²) in [5, 5.41) is 17.6. The lowest BCUT2D eigenvalue weighted by Gasteiger charge is -2.08. The van der Waals surface area contributed by atoms with Crippen LogP contribution < -0.4 is 5.14 Å². The van der Waals surface area contributed by atoms with Crippen LogP contribution in [0.1, 0.15) is 23.3 Å². The molecular formula is C18H12F3N3O3S. The van der Waals surface area contributed by atoms with E-state index in [1.165, 1.54) is 12.1 Å². The number of benzene rings is 2. The monoisotopic (exact) mass is 407 g/mol. The van der Waals surface area contributed by atoms with Crippen LogP contribution in [0.25, 0.3) is 22.4 Å². The number of hydrogen-bond donors (Lipinski definition) is 1. The van der Waals surface area contributed by atoms with Gasteiger partial charge in [0.25, 0.3) is 6.43 Å². The largest absolute Gasteiger partial charge is 0.354 e. The van der Waals surface area contributed by atoms with Crippen LogP contribution in [-0.4, -0.2) is 13.6 Å². The van der Waals surface area contributed by atoms with Gasteiger partial charge in [-0.25, -0.2) is 26.7 Å². The summed E-state index contributed by atoms with van der Waals surface area (Å²) in [5.74, 6) is -1.98. The molecule has 0 spiro atoms. The summed E-state index contributed by atoms with van der Waals surface area (Å²) in [7, 11) is -4.31. The van der Waals surface area contributed by atoms with Crippen LogP contribution in [-0.2, 0) is 10.0 Å². The zero-order valence-electron chi connectivity index (χ0n) is 14.3. The number of aryl methyl sites for hydroxylation is 1. The number of rotatable bonds is 4. The molecule has 28 heavy (non-hydrogen) atoms. The van der Waals surface area contributed by atoms with Crippen LogP contribution in [0.5, 0.6) is 0 Å². The van der Waals surface area contributed by atoms with E-state index in [2.05, 4.69) is 5.16 Å². The van der Waals surface area contributed by atoms with E-state index in [1.54, 1.807) is 13.0 Å². The average Bonchev–Trinajstić information content (AvgIpc) is 3.05. The summed E-state index contributed by atoms with van der Waals surface area (Å²) in [6, 6.07) is 9.34. The minimum absolute atomic E-state index is 0.00523. The van der Waals surface area contributed by atoms with Crippen LogP contribution in [0, 0.1) is 24.1 Å². The number of aromatic nitrogens is 1. The van der Waals surface area contributed by atoms with Crippen molar-refractivity contribution in [2.45, 2.75) is 18.2 Å².